The Morgan fingerprint density at radius 1 is 1.41 bits per heavy atom. The second-order valence-electron chi connectivity index (χ2n) is 8.64. The molecular weight excluding hydrogens is 518 g/mol. The molecule has 0 radical (unpaired) electrons. The van der Waals surface area contributed by atoms with Gasteiger partial charge in [0.1, 0.15) is 24.0 Å². The quantitative estimate of drug-likeness (QED) is 0.283. The molecule has 4 rings (SSSR count). The van der Waals surface area contributed by atoms with Crippen LogP contribution >= 0.6 is 7.75 Å². The van der Waals surface area contributed by atoms with Crippen molar-refractivity contribution in [2.75, 3.05) is 6.61 Å². The summed E-state index contributed by atoms with van der Waals surface area (Å²) in [5, 5.41) is 26.5. The van der Waals surface area contributed by atoms with Crippen molar-refractivity contribution in [1.29, 1.82) is 0 Å². The summed E-state index contributed by atoms with van der Waals surface area (Å²) in [4.78, 5) is 36.8. The van der Waals surface area contributed by atoms with Crippen molar-refractivity contribution in [3.63, 3.8) is 0 Å². The van der Waals surface area contributed by atoms with Crippen LogP contribution in [0.5, 0.6) is 5.75 Å². The van der Waals surface area contributed by atoms with E-state index in [1.165, 1.54) is 19.1 Å². The fraction of sp³-hybridized carbons (Fsp3) is 0.429. The second-order valence-corrected chi connectivity index (χ2v) is 10.3. The van der Waals surface area contributed by atoms with Gasteiger partial charge in [0.25, 0.3) is 5.56 Å². The first kappa shape index (κ1) is 26.7. The third-order valence-electron chi connectivity index (χ3n) is 5.80. The van der Waals surface area contributed by atoms with E-state index >= 15 is 4.39 Å². The Labute approximate surface area is 207 Å². The lowest BCUT2D eigenvalue weighted by Crippen LogP contribution is -2.43. The minimum atomic E-state index is -4.47. The van der Waals surface area contributed by atoms with Gasteiger partial charge in [-0.15, -0.1) is 0 Å². The van der Waals surface area contributed by atoms with Crippen molar-refractivity contribution in [3.8, 4) is 5.75 Å². The third kappa shape index (κ3) is 5.36. The minimum absolute atomic E-state index is 0.0158. The summed E-state index contributed by atoms with van der Waals surface area (Å²) in [5.74, 6) is -1.38. The Morgan fingerprint density at radius 3 is 2.81 bits per heavy atom. The first-order valence-electron chi connectivity index (χ1n) is 11.0. The Hall–Kier alpha value is -3.36. The van der Waals surface area contributed by atoms with Crippen molar-refractivity contribution in [2.24, 2.45) is 0 Å². The van der Waals surface area contributed by atoms with Crippen LogP contribution in [0.2, 0.25) is 0 Å². The maximum atomic E-state index is 15.4. The number of aliphatic hydroxyl groups is 1. The monoisotopic (exact) mass is 542 g/mol. The van der Waals surface area contributed by atoms with E-state index in [4.69, 9.17) is 18.3 Å². The van der Waals surface area contributed by atoms with Gasteiger partial charge in [-0.1, -0.05) is 5.16 Å². The standard InChI is InChI=1S/C21H24FN4O10P/c1-10-13-5-4-12(8-14(13)35-24-10)36-37(32,25-11(2)18(29)30)33-9-15-17(28)21(3,22)19(34-15)26-7-6-16(27)23-20(26)31/h4-8,11,15,17,19,28H,9H2,1-3H3,(H,25,32)(H,29,30)(H,23,27,31)/t11-,15+,17+,19+,21+,37?/m0/s1. The van der Waals surface area contributed by atoms with Crippen molar-refractivity contribution in [2.45, 2.75) is 50.9 Å². The highest BCUT2D eigenvalue weighted by atomic mass is 31.2. The minimum Gasteiger partial charge on any atom is -0.480 e. The van der Waals surface area contributed by atoms with E-state index in [9.17, 15) is 29.2 Å². The third-order valence-corrected chi connectivity index (χ3v) is 7.44. The highest BCUT2D eigenvalue weighted by Crippen LogP contribution is 2.48. The van der Waals surface area contributed by atoms with Gasteiger partial charge in [0.05, 0.1) is 12.3 Å². The molecule has 1 aliphatic rings. The maximum absolute atomic E-state index is 15.4. The number of benzene rings is 1. The van der Waals surface area contributed by atoms with Crippen LogP contribution in [0.4, 0.5) is 4.39 Å². The fourth-order valence-corrected chi connectivity index (χ4v) is 5.25. The van der Waals surface area contributed by atoms with Crippen LogP contribution < -0.4 is 20.9 Å². The summed E-state index contributed by atoms with van der Waals surface area (Å²) in [6.07, 6.45) is -3.98. The maximum Gasteiger partial charge on any atom is 0.459 e. The number of hydrogen-bond acceptors (Lipinski definition) is 10. The van der Waals surface area contributed by atoms with Gasteiger partial charge in [-0.2, -0.15) is 5.09 Å². The van der Waals surface area contributed by atoms with E-state index in [0.29, 0.717) is 16.7 Å². The van der Waals surface area contributed by atoms with Crippen molar-refractivity contribution >= 4 is 24.7 Å². The number of aryl methyl sites for hydroxylation is 1. The summed E-state index contributed by atoms with van der Waals surface area (Å²) in [5.41, 5.74) is -3.30. The van der Waals surface area contributed by atoms with E-state index < -0.39 is 61.7 Å². The van der Waals surface area contributed by atoms with Gasteiger partial charge in [-0.25, -0.2) is 13.8 Å². The lowest BCUT2D eigenvalue weighted by atomic mass is 9.98. The average molecular weight is 542 g/mol. The van der Waals surface area contributed by atoms with Gasteiger partial charge in [0.2, 0.25) is 0 Å². The number of aromatic amines is 1. The van der Waals surface area contributed by atoms with E-state index in [1.807, 2.05) is 4.98 Å². The first-order valence-corrected chi connectivity index (χ1v) is 12.5. The van der Waals surface area contributed by atoms with Crippen molar-refractivity contribution in [1.82, 2.24) is 19.8 Å². The number of aromatic nitrogens is 3. The zero-order valence-electron chi connectivity index (χ0n) is 19.8. The molecule has 1 aromatic carbocycles. The molecule has 200 valence electrons. The molecule has 1 unspecified atom stereocenters. The van der Waals surface area contributed by atoms with E-state index in [-0.39, 0.29) is 5.75 Å². The van der Waals surface area contributed by atoms with Gasteiger partial charge in [-0.3, -0.25) is 23.7 Å². The molecule has 1 saturated heterocycles. The molecule has 1 fully saturated rings. The van der Waals surface area contributed by atoms with E-state index in [0.717, 1.165) is 23.8 Å². The van der Waals surface area contributed by atoms with E-state index in [1.54, 1.807) is 13.0 Å². The number of hydrogen-bond donors (Lipinski definition) is 4. The number of alkyl halides is 1. The SMILES string of the molecule is Cc1noc2cc(OP(=O)(N[C@@H](C)C(=O)O)OC[C@H]3O[C@@H](n4ccc(=O)[nH]c4=O)[C@](C)(F)[C@@H]3O)ccc12. The Balaban J connectivity index is 1.56. The number of nitrogens with zero attached hydrogens (tertiary/aromatic N) is 2. The van der Waals surface area contributed by atoms with Gasteiger partial charge >= 0.3 is 19.4 Å². The number of carboxylic acid groups (broad SMARTS) is 1. The number of H-pyrrole nitrogens is 1. The van der Waals surface area contributed by atoms with Crippen LogP contribution in [0.1, 0.15) is 25.8 Å². The molecule has 0 amide bonds. The number of halogens is 1. The lowest BCUT2D eigenvalue weighted by molar-refractivity contribution is -0.138. The number of carbonyl (C=O) groups is 1. The van der Waals surface area contributed by atoms with Gasteiger partial charge in [0, 0.05) is 23.7 Å². The smallest absolute Gasteiger partial charge is 0.459 e. The van der Waals surface area contributed by atoms with Crippen molar-refractivity contribution < 1.29 is 42.3 Å². The molecule has 16 heteroatoms. The molecule has 2 aromatic heterocycles. The molecule has 4 N–H and O–H groups in total. The largest absolute Gasteiger partial charge is 0.480 e. The van der Waals surface area contributed by atoms with Crippen LogP contribution in [0.3, 0.4) is 0 Å². The molecule has 0 saturated carbocycles. The van der Waals surface area contributed by atoms with E-state index in [2.05, 4.69) is 10.2 Å². The molecule has 3 heterocycles. The Bertz CT molecular complexity index is 1480. The number of nitrogens with one attached hydrogen (secondary N) is 2. The number of fused-ring (bicyclic) bond motifs is 1. The molecule has 3 aromatic rings. The zero-order chi connectivity index (χ0) is 27.1. The molecule has 0 bridgehead atoms. The second kappa shape index (κ2) is 9.84. The fourth-order valence-electron chi connectivity index (χ4n) is 3.76. The number of rotatable bonds is 9. The van der Waals surface area contributed by atoms with Gasteiger partial charge < -0.3 is 24.0 Å². The molecule has 0 aliphatic carbocycles. The summed E-state index contributed by atoms with van der Waals surface area (Å²) < 4.78 is 51.2. The summed E-state index contributed by atoms with van der Waals surface area (Å²) in [6.45, 7) is 3.17. The molecular formula is C21H24FN4O10P. The molecule has 1 aliphatic heterocycles. The topological polar surface area (TPSA) is 195 Å². The number of ether oxygens (including phenoxy) is 1. The molecule has 6 atom stereocenters. The lowest BCUT2D eigenvalue weighted by Gasteiger charge is -2.25. The molecule has 14 nitrogen and oxygen atoms in total. The van der Waals surface area contributed by atoms with Crippen LogP contribution in [0.25, 0.3) is 11.0 Å². The van der Waals surface area contributed by atoms with Crippen LogP contribution in [-0.2, 0) is 18.6 Å². The first-order chi connectivity index (χ1) is 17.3. The van der Waals surface area contributed by atoms with Crippen LogP contribution in [0, 0.1) is 6.92 Å². The van der Waals surface area contributed by atoms with Crippen molar-refractivity contribution in [3.05, 3.63) is 57.0 Å². The van der Waals surface area contributed by atoms with Gasteiger partial charge in [-0.05, 0) is 32.9 Å². The van der Waals surface area contributed by atoms with Gasteiger partial charge in [0.15, 0.2) is 17.5 Å². The summed E-state index contributed by atoms with van der Waals surface area (Å²) >= 11 is 0. The highest BCUT2D eigenvalue weighted by Gasteiger charge is 2.55. The summed E-state index contributed by atoms with van der Waals surface area (Å²) in [7, 11) is -4.47. The number of aliphatic hydroxyl groups excluding tert-OH is 1. The Kier molecular flexibility index (Phi) is 7.10. The zero-order valence-corrected chi connectivity index (χ0v) is 20.7. The number of carboxylic acids is 1. The molecule has 37 heavy (non-hydrogen) atoms. The average Bonchev–Trinajstić information content (AvgIpc) is 3.29. The molecule has 0 spiro atoms. The normalized spacial score (nSPS) is 26.1. The van der Waals surface area contributed by atoms with Crippen LogP contribution in [-0.4, -0.2) is 61.4 Å². The number of aliphatic carboxylic acids is 1. The predicted molar refractivity (Wildman–Crippen MR) is 124 cm³/mol. The highest BCUT2D eigenvalue weighted by molar-refractivity contribution is 7.52. The van der Waals surface area contributed by atoms with Crippen LogP contribution in [0.15, 0.2) is 44.6 Å². The predicted octanol–water partition coefficient (Wildman–Crippen LogP) is 1.24. The Morgan fingerprint density at radius 2 is 2.14 bits per heavy atom. The summed E-state index contributed by atoms with van der Waals surface area (Å²) in [6, 6.07) is 3.98.